The summed E-state index contributed by atoms with van der Waals surface area (Å²) in [5, 5.41) is 10.9. The number of methoxy groups -OCH3 is 1. The van der Waals surface area contributed by atoms with Crippen molar-refractivity contribution in [1.82, 2.24) is 4.57 Å². The Labute approximate surface area is 237 Å². The van der Waals surface area contributed by atoms with Crippen LogP contribution < -0.4 is 19.6 Å². The van der Waals surface area contributed by atoms with Crippen LogP contribution in [0, 0.1) is 0 Å². The molecule has 0 amide bonds. The minimum atomic E-state index is -0.857. The maximum absolute atomic E-state index is 13.9. The molecule has 0 fully saturated rings. The standard InChI is InChI=1S/C29H22Cl2N2O5S/c1-3-38-28(36)23-24(16-8-5-4-6-9-16)32-29-33(25(23)17-10-7-11-20(13-17)37-2)27(35)22(39-29)14-18-12-19(30)15-21(31)26(18)34/h4-15,25,34H,3H2,1-2H3/b22-14-/t25-/m1/s1. The molecule has 0 radical (unpaired) electrons. The third-order valence-electron chi connectivity index (χ3n) is 6.13. The van der Waals surface area contributed by atoms with E-state index < -0.39 is 17.6 Å². The van der Waals surface area contributed by atoms with Crippen LogP contribution in [-0.2, 0) is 9.53 Å². The number of thiazole rings is 1. The van der Waals surface area contributed by atoms with E-state index in [1.165, 1.54) is 22.8 Å². The van der Waals surface area contributed by atoms with E-state index in [9.17, 15) is 14.7 Å². The highest BCUT2D eigenvalue weighted by Gasteiger charge is 2.35. The summed E-state index contributed by atoms with van der Waals surface area (Å²) in [7, 11) is 1.55. The Balaban J connectivity index is 1.86. The van der Waals surface area contributed by atoms with Crippen molar-refractivity contribution in [2.45, 2.75) is 13.0 Å². The number of phenols is 1. The quantitative estimate of drug-likeness (QED) is 0.326. The first-order valence-electron chi connectivity index (χ1n) is 11.9. The highest BCUT2D eigenvalue weighted by atomic mass is 35.5. The number of aromatic hydroxyl groups is 1. The molecule has 10 heteroatoms. The SMILES string of the molecule is CCOC(=O)C1=C(c2ccccc2)N=c2s/c(=C\c3cc(Cl)cc(Cl)c3O)c(=O)n2[C@@H]1c1cccc(OC)c1. The van der Waals surface area contributed by atoms with E-state index >= 15 is 0 Å². The van der Waals surface area contributed by atoms with Crippen molar-refractivity contribution in [3.05, 3.63) is 119 Å². The zero-order valence-electron chi connectivity index (χ0n) is 20.9. The molecule has 0 spiro atoms. The molecule has 1 aromatic heterocycles. The summed E-state index contributed by atoms with van der Waals surface area (Å²) in [6, 6.07) is 18.5. The lowest BCUT2D eigenvalue weighted by molar-refractivity contribution is -0.138. The number of carbonyl (C=O) groups is 1. The average Bonchev–Trinajstić information content (AvgIpc) is 3.25. The molecule has 0 bridgehead atoms. The molecule has 1 atom stereocenters. The van der Waals surface area contributed by atoms with Gasteiger partial charge in [0.1, 0.15) is 11.5 Å². The van der Waals surface area contributed by atoms with Gasteiger partial charge in [-0.15, -0.1) is 0 Å². The first-order chi connectivity index (χ1) is 18.8. The Kier molecular flexibility index (Phi) is 7.61. The molecule has 0 unspecified atom stereocenters. The molecule has 0 aliphatic carbocycles. The Bertz CT molecular complexity index is 1790. The maximum atomic E-state index is 13.9. The summed E-state index contributed by atoms with van der Waals surface area (Å²) in [6.45, 7) is 1.87. The number of fused-ring (bicyclic) bond motifs is 1. The fourth-order valence-corrected chi connectivity index (χ4v) is 5.91. The lowest BCUT2D eigenvalue weighted by Crippen LogP contribution is -2.40. The van der Waals surface area contributed by atoms with Crippen LogP contribution in [0.1, 0.15) is 29.7 Å². The predicted octanol–water partition coefficient (Wildman–Crippen LogP) is 4.96. The number of benzene rings is 3. The van der Waals surface area contributed by atoms with Crippen molar-refractivity contribution in [3.8, 4) is 11.5 Å². The van der Waals surface area contributed by atoms with Gasteiger partial charge in [0.05, 0.1) is 40.6 Å². The molecule has 4 aromatic rings. The van der Waals surface area contributed by atoms with Gasteiger partial charge in [-0.05, 0) is 42.8 Å². The Morgan fingerprint density at radius 2 is 1.90 bits per heavy atom. The molecule has 0 saturated carbocycles. The van der Waals surface area contributed by atoms with Gasteiger partial charge in [0.2, 0.25) is 0 Å². The third kappa shape index (κ3) is 5.11. The first-order valence-corrected chi connectivity index (χ1v) is 13.5. The van der Waals surface area contributed by atoms with Gasteiger partial charge in [-0.1, -0.05) is 77.0 Å². The number of phenolic OH excluding ortho intramolecular Hbond substituents is 1. The highest BCUT2D eigenvalue weighted by Crippen LogP contribution is 2.36. The number of aromatic nitrogens is 1. The molecule has 0 saturated heterocycles. The van der Waals surface area contributed by atoms with Crippen LogP contribution in [0.15, 0.2) is 82.1 Å². The van der Waals surface area contributed by atoms with Crippen LogP contribution in [0.5, 0.6) is 11.5 Å². The van der Waals surface area contributed by atoms with Gasteiger partial charge in [-0.2, -0.15) is 0 Å². The van der Waals surface area contributed by atoms with E-state index in [0.29, 0.717) is 32.4 Å². The topological polar surface area (TPSA) is 90.1 Å². The van der Waals surface area contributed by atoms with Crippen molar-refractivity contribution in [1.29, 1.82) is 0 Å². The zero-order valence-corrected chi connectivity index (χ0v) is 23.2. The smallest absolute Gasteiger partial charge is 0.338 e. The minimum absolute atomic E-state index is 0.0618. The van der Waals surface area contributed by atoms with E-state index in [-0.39, 0.29) is 33.0 Å². The lowest BCUT2D eigenvalue weighted by Gasteiger charge is -2.26. The molecular weight excluding hydrogens is 559 g/mol. The van der Waals surface area contributed by atoms with Crippen LogP contribution >= 0.6 is 34.5 Å². The third-order valence-corrected chi connectivity index (χ3v) is 7.62. The van der Waals surface area contributed by atoms with Crippen molar-refractivity contribution in [3.63, 3.8) is 0 Å². The second-order valence-corrected chi connectivity index (χ2v) is 10.4. The Morgan fingerprint density at radius 3 is 2.62 bits per heavy atom. The van der Waals surface area contributed by atoms with Crippen molar-refractivity contribution in [2.24, 2.45) is 4.99 Å². The maximum Gasteiger partial charge on any atom is 0.338 e. The summed E-state index contributed by atoms with van der Waals surface area (Å²) in [5.41, 5.74) is 1.85. The molecule has 2 heterocycles. The average molecular weight is 581 g/mol. The summed E-state index contributed by atoms with van der Waals surface area (Å²) >= 11 is 13.4. The second-order valence-electron chi connectivity index (χ2n) is 8.53. The van der Waals surface area contributed by atoms with E-state index in [0.717, 1.165) is 11.3 Å². The number of rotatable bonds is 6. The van der Waals surface area contributed by atoms with Gasteiger partial charge in [0.25, 0.3) is 5.56 Å². The van der Waals surface area contributed by atoms with Crippen LogP contribution in [-0.4, -0.2) is 29.4 Å². The number of ether oxygens (including phenoxy) is 2. The largest absolute Gasteiger partial charge is 0.506 e. The molecule has 198 valence electrons. The molecule has 1 N–H and O–H groups in total. The summed E-state index contributed by atoms with van der Waals surface area (Å²) in [5.74, 6) is -0.218. The monoisotopic (exact) mass is 580 g/mol. The fraction of sp³-hybridized carbons (Fsp3) is 0.138. The van der Waals surface area contributed by atoms with E-state index in [1.807, 2.05) is 36.4 Å². The van der Waals surface area contributed by atoms with E-state index in [4.69, 9.17) is 37.7 Å². The molecule has 1 aliphatic heterocycles. The summed E-state index contributed by atoms with van der Waals surface area (Å²) in [4.78, 5) is 32.6. The Morgan fingerprint density at radius 1 is 1.13 bits per heavy atom. The normalized spacial score (nSPS) is 15.1. The molecule has 3 aromatic carbocycles. The lowest BCUT2D eigenvalue weighted by atomic mass is 9.93. The number of nitrogens with zero attached hydrogens (tertiary/aromatic N) is 2. The van der Waals surface area contributed by atoms with Gasteiger partial charge >= 0.3 is 5.97 Å². The number of carbonyl (C=O) groups excluding carboxylic acids is 1. The number of halogens is 2. The number of esters is 1. The van der Waals surface area contributed by atoms with Crippen LogP contribution in [0.2, 0.25) is 10.0 Å². The van der Waals surface area contributed by atoms with E-state index in [2.05, 4.69) is 0 Å². The summed E-state index contributed by atoms with van der Waals surface area (Å²) in [6.07, 6.45) is 1.51. The molecular formula is C29H22Cl2N2O5S. The van der Waals surface area contributed by atoms with Gasteiger partial charge in [-0.25, -0.2) is 9.79 Å². The van der Waals surface area contributed by atoms with Gasteiger partial charge in [-0.3, -0.25) is 9.36 Å². The van der Waals surface area contributed by atoms with Crippen LogP contribution in [0.3, 0.4) is 0 Å². The van der Waals surface area contributed by atoms with Gasteiger partial charge in [0, 0.05) is 16.1 Å². The predicted molar refractivity (Wildman–Crippen MR) is 152 cm³/mol. The van der Waals surface area contributed by atoms with Crippen molar-refractivity contribution >= 4 is 52.3 Å². The first kappa shape index (κ1) is 26.7. The molecule has 7 nitrogen and oxygen atoms in total. The van der Waals surface area contributed by atoms with Gasteiger partial charge in [0.15, 0.2) is 4.80 Å². The Hall–Kier alpha value is -3.85. The number of hydrogen-bond donors (Lipinski definition) is 1. The minimum Gasteiger partial charge on any atom is -0.506 e. The van der Waals surface area contributed by atoms with Crippen molar-refractivity contribution < 1.29 is 19.4 Å². The van der Waals surface area contributed by atoms with E-state index in [1.54, 1.807) is 32.2 Å². The summed E-state index contributed by atoms with van der Waals surface area (Å²) < 4.78 is 12.6. The van der Waals surface area contributed by atoms with Crippen molar-refractivity contribution in [2.75, 3.05) is 13.7 Å². The number of hydrogen-bond acceptors (Lipinski definition) is 7. The second kappa shape index (κ2) is 11.1. The fourth-order valence-electron chi connectivity index (χ4n) is 4.40. The molecule has 1 aliphatic rings. The van der Waals surface area contributed by atoms with Crippen LogP contribution in [0.4, 0.5) is 0 Å². The van der Waals surface area contributed by atoms with Crippen LogP contribution in [0.25, 0.3) is 11.8 Å². The van der Waals surface area contributed by atoms with Gasteiger partial charge < -0.3 is 14.6 Å². The zero-order chi connectivity index (χ0) is 27.7. The highest BCUT2D eigenvalue weighted by molar-refractivity contribution is 7.07. The molecule has 39 heavy (non-hydrogen) atoms. The molecule has 5 rings (SSSR count).